The lowest BCUT2D eigenvalue weighted by Gasteiger charge is -2.06. The lowest BCUT2D eigenvalue weighted by molar-refractivity contribution is 0.665. The molecule has 1 saturated carbocycles. The molecule has 1 aromatic carbocycles. The second-order valence-corrected chi connectivity index (χ2v) is 4.07. The third-order valence-electron chi connectivity index (χ3n) is 2.58. The van der Waals surface area contributed by atoms with Crippen LogP contribution in [0.5, 0.6) is 0 Å². The zero-order valence-electron chi connectivity index (χ0n) is 7.26. The Morgan fingerprint density at radius 3 is 2.62 bits per heavy atom. The van der Waals surface area contributed by atoms with Crippen molar-refractivity contribution in [3.8, 4) is 6.07 Å². The van der Waals surface area contributed by atoms with Gasteiger partial charge in [0.2, 0.25) is 0 Å². The first-order chi connectivity index (χ1) is 6.26. The zero-order valence-corrected chi connectivity index (χ0v) is 8.01. The largest absolute Gasteiger partial charge is 0.198 e. The normalized spacial score (nSPS) is 17.8. The molecule has 0 N–H and O–H groups in total. The fraction of sp³-hybridized carbons (Fsp3) is 0.364. The minimum atomic E-state index is -0.0923. The van der Waals surface area contributed by atoms with Gasteiger partial charge < -0.3 is 0 Å². The van der Waals surface area contributed by atoms with E-state index in [2.05, 4.69) is 6.07 Å². The maximum absolute atomic E-state index is 8.92. The van der Waals surface area contributed by atoms with Crippen LogP contribution in [0.2, 0.25) is 5.02 Å². The van der Waals surface area contributed by atoms with Gasteiger partial charge in [-0.15, -0.1) is 0 Å². The summed E-state index contributed by atoms with van der Waals surface area (Å²) in [7, 11) is 0. The Morgan fingerprint density at radius 1 is 1.38 bits per heavy atom. The molecule has 0 bridgehead atoms. The van der Waals surface area contributed by atoms with Crippen molar-refractivity contribution >= 4 is 11.6 Å². The Hall–Kier alpha value is -1.00. The number of rotatable bonds is 2. The molecule has 0 saturated heterocycles. The molecule has 1 aliphatic carbocycles. The number of hydrogen-bond donors (Lipinski definition) is 0. The van der Waals surface area contributed by atoms with Crippen LogP contribution in [0.4, 0.5) is 0 Å². The number of benzene rings is 1. The van der Waals surface area contributed by atoms with E-state index in [0.29, 0.717) is 0 Å². The smallest absolute Gasteiger partial charge is 0.0693 e. The van der Waals surface area contributed by atoms with Crippen LogP contribution in [0, 0.1) is 16.7 Å². The van der Waals surface area contributed by atoms with Crippen molar-refractivity contribution in [3.05, 3.63) is 34.9 Å². The Balaban J connectivity index is 2.20. The summed E-state index contributed by atoms with van der Waals surface area (Å²) < 4.78 is 0. The van der Waals surface area contributed by atoms with E-state index < -0.39 is 0 Å². The van der Waals surface area contributed by atoms with E-state index in [1.54, 1.807) is 0 Å². The predicted molar refractivity (Wildman–Crippen MR) is 52.4 cm³/mol. The van der Waals surface area contributed by atoms with Crippen molar-refractivity contribution in [2.45, 2.75) is 19.3 Å². The van der Waals surface area contributed by atoms with E-state index in [0.717, 1.165) is 29.8 Å². The van der Waals surface area contributed by atoms with E-state index in [1.165, 1.54) is 0 Å². The van der Waals surface area contributed by atoms with Crippen molar-refractivity contribution in [1.82, 2.24) is 0 Å². The second-order valence-electron chi connectivity index (χ2n) is 3.66. The molecule has 0 radical (unpaired) electrons. The molecule has 1 fully saturated rings. The summed E-state index contributed by atoms with van der Waals surface area (Å²) in [5.74, 6) is 0. The van der Waals surface area contributed by atoms with Gasteiger partial charge in [0.1, 0.15) is 0 Å². The zero-order chi connectivity index (χ0) is 9.31. The van der Waals surface area contributed by atoms with Crippen LogP contribution < -0.4 is 0 Å². The Kier molecular flexibility index (Phi) is 2.01. The SMILES string of the molecule is N#CC1(Cc2ccccc2Cl)CC1. The molecule has 2 heteroatoms. The molecule has 0 aliphatic heterocycles. The van der Waals surface area contributed by atoms with Gasteiger partial charge in [0.15, 0.2) is 0 Å². The van der Waals surface area contributed by atoms with Gasteiger partial charge >= 0.3 is 0 Å². The van der Waals surface area contributed by atoms with Crippen LogP contribution >= 0.6 is 11.6 Å². The maximum Gasteiger partial charge on any atom is 0.0693 e. The molecule has 66 valence electrons. The first kappa shape index (κ1) is 8.59. The highest BCUT2D eigenvalue weighted by atomic mass is 35.5. The molecule has 1 aliphatic rings. The van der Waals surface area contributed by atoms with Gasteiger partial charge in [-0.3, -0.25) is 0 Å². The molecule has 2 rings (SSSR count). The van der Waals surface area contributed by atoms with Crippen molar-refractivity contribution in [1.29, 1.82) is 5.26 Å². The van der Waals surface area contributed by atoms with Gasteiger partial charge in [-0.25, -0.2) is 0 Å². The molecule has 1 nitrogen and oxygen atoms in total. The topological polar surface area (TPSA) is 23.8 Å². The average Bonchev–Trinajstić information content (AvgIpc) is 2.90. The monoisotopic (exact) mass is 191 g/mol. The maximum atomic E-state index is 8.92. The fourth-order valence-electron chi connectivity index (χ4n) is 1.49. The molecular formula is C11H10ClN. The van der Waals surface area contributed by atoms with Crippen LogP contribution in [0.3, 0.4) is 0 Å². The van der Waals surface area contributed by atoms with Crippen molar-refractivity contribution in [2.24, 2.45) is 5.41 Å². The fourth-order valence-corrected chi connectivity index (χ4v) is 1.69. The Bertz CT molecular complexity index is 361. The molecule has 0 amide bonds. The predicted octanol–water partition coefficient (Wildman–Crippen LogP) is 3.19. The van der Waals surface area contributed by atoms with Gasteiger partial charge in [0, 0.05) is 5.02 Å². The lowest BCUT2D eigenvalue weighted by atomic mass is 9.98. The van der Waals surface area contributed by atoms with E-state index in [1.807, 2.05) is 24.3 Å². The van der Waals surface area contributed by atoms with Gasteiger partial charge in [0.25, 0.3) is 0 Å². The average molecular weight is 192 g/mol. The van der Waals surface area contributed by atoms with Crippen LogP contribution in [-0.2, 0) is 6.42 Å². The second kappa shape index (κ2) is 3.05. The third-order valence-corrected chi connectivity index (χ3v) is 2.95. The highest BCUT2D eigenvalue weighted by Crippen LogP contribution is 2.48. The first-order valence-electron chi connectivity index (χ1n) is 4.40. The van der Waals surface area contributed by atoms with E-state index >= 15 is 0 Å². The number of nitrogens with zero attached hydrogens (tertiary/aromatic N) is 1. The minimum Gasteiger partial charge on any atom is -0.198 e. The minimum absolute atomic E-state index is 0.0923. The van der Waals surface area contributed by atoms with Crippen molar-refractivity contribution < 1.29 is 0 Å². The summed E-state index contributed by atoms with van der Waals surface area (Å²) in [6.45, 7) is 0. The number of halogens is 1. The van der Waals surface area contributed by atoms with Crippen LogP contribution in [0.15, 0.2) is 24.3 Å². The molecule has 0 unspecified atom stereocenters. The summed E-state index contributed by atoms with van der Waals surface area (Å²) >= 11 is 6.01. The summed E-state index contributed by atoms with van der Waals surface area (Å²) in [5.41, 5.74) is 1.01. The molecule has 0 atom stereocenters. The van der Waals surface area contributed by atoms with E-state index in [-0.39, 0.29) is 5.41 Å². The molecule has 13 heavy (non-hydrogen) atoms. The number of hydrogen-bond acceptors (Lipinski definition) is 1. The van der Waals surface area contributed by atoms with Crippen LogP contribution in [0.25, 0.3) is 0 Å². The standard InChI is InChI=1S/C11H10ClN/c12-10-4-2-1-3-9(10)7-11(8-13)5-6-11/h1-4H,5-7H2. The van der Waals surface area contributed by atoms with Gasteiger partial charge in [-0.1, -0.05) is 29.8 Å². The van der Waals surface area contributed by atoms with E-state index in [4.69, 9.17) is 16.9 Å². The van der Waals surface area contributed by atoms with Crippen LogP contribution in [-0.4, -0.2) is 0 Å². The summed E-state index contributed by atoms with van der Waals surface area (Å²) in [4.78, 5) is 0. The molecule has 0 aromatic heterocycles. The number of nitriles is 1. The molecular weight excluding hydrogens is 182 g/mol. The Morgan fingerprint density at radius 2 is 2.08 bits per heavy atom. The summed E-state index contributed by atoms with van der Waals surface area (Å²) in [5, 5.41) is 9.70. The Labute approximate surface area is 82.9 Å². The summed E-state index contributed by atoms with van der Waals surface area (Å²) in [6, 6.07) is 10.1. The van der Waals surface area contributed by atoms with Gasteiger partial charge in [-0.2, -0.15) is 5.26 Å². The molecule has 0 spiro atoms. The quantitative estimate of drug-likeness (QED) is 0.705. The first-order valence-corrected chi connectivity index (χ1v) is 4.78. The van der Waals surface area contributed by atoms with Crippen molar-refractivity contribution in [2.75, 3.05) is 0 Å². The molecule has 1 aromatic rings. The van der Waals surface area contributed by atoms with Crippen molar-refractivity contribution in [3.63, 3.8) is 0 Å². The highest BCUT2D eigenvalue weighted by molar-refractivity contribution is 6.31. The molecule has 0 heterocycles. The van der Waals surface area contributed by atoms with Crippen LogP contribution in [0.1, 0.15) is 18.4 Å². The van der Waals surface area contributed by atoms with Gasteiger partial charge in [0.05, 0.1) is 11.5 Å². The summed E-state index contributed by atoms with van der Waals surface area (Å²) in [6.07, 6.45) is 2.85. The van der Waals surface area contributed by atoms with E-state index in [9.17, 15) is 0 Å². The highest BCUT2D eigenvalue weighted by Gasteiger charge is 2.43. The lowest BCUT2D eigenvalue weighted by Crippen LogP contribution is -2.01. The van der Waals surface area contributed by atoms with Gasteiger partial charge in [-0.05, 0) is 30.9 Å². The third kappa shape index (κ3) is 1.68.